The third-order valence-electron chi connectivity index (χ3n) is 6.13. The second-order valence-electron chi connectivity index (χ2n) is 8.33. The van der Waals surface area contributed by atoms with E-state index >= 15 is 0 Å². The molecule has 6 nitrogen and oxygen atoms in total. The Morgan fingerprint density at radius 2 is 1.88 bits per heavy atom. The highest BCUT2D eigenvalue weighted by Crippen LogP contribution is 2.25. The topological polar surface area (TPSA) is 71.4 Å². The van der Waals surface area contributed by atoms with E-state index in [1.807, 2.05) is 11.8 Å². The number of hydrogen-bond acceptors (Lipinski definition) is 5. The Balaban J connectivity index is 3.03. The molecule has 1 aliphatic rings. The number of allylic oxidation sites excluding steroid dienone is 5. The van der Waals surface area contributed by atoms with Crippen LogP contribution in [-0.2, 0) is 14.3 Å². The van der Waals surface area contributed by atoms with Crippen LogP contribution in [0.25, 0.3) is 0 Å². The van der Waals surface area contributed by atoms with Gasteiger partial charge >= 0.3 is 5.97 Å². The van der Waals surface area contributed by atoms with Crippen molar-refractivity contribution in [3.8, 4) is 0 Å². The van der Waals surface area contributed by atoms with Crippen LogP contribution in [0.1, 0.15) is 67.2 Å². The Bertz CT molecular complexity index is 846. The van der Waals surface area contributed by atoms with E-state index in [4.69, 9.17) is 9.47 Å². The van der Waals surface area contributed by atoms with E-state index in [-0.39, 0.29) is 0 Å². The van der Waals surface area contributed by atoms with Crippen LogP contribution >= 0.6 is 0 Å². The summed E-state index contributed by atoms with van der Waals surface area (Å²) >= 11 is 0. The maximum atomic E-state index is 11.6. The van der Waals surface area contributed by atoms with Gasteiger partial charge in [0.1, 0.15) is 12.6 Å². The number of piperidine rings is 1. The molecule has 1 atom stereocenters. The summed E-state index contributed by atoms with van der Waals surface area (Å²) < 4.78 is 11.5. The number of aliphatic imine (C=N–C) groups is 1. The van der Waals surface area contributed by atoms with Gasteiger partial charge in [0.2, 0.25) is 11.8 Å². The van der Waals surface area contributed by atoms with Gasteiger partial charge in [-0.2, -0.15) is 4.99 Å². The summed E-state index contributed by atoms with van der Waals surface area (Å²) in [5, 5.41) is 9.53. The number of hydrogen-bond donors (Lipinski definition) is 1. The maximum Gasteiger partial charge on any atom is 0.320 e. The number of likely N-dealkylation sites (tertiary alicyclic amines) is 1. The monoisotopic (exact) mass is 458 g/mol. The Morgan fingerprint density at radius 3 is 2.39 bits per heavy atom. The Kier molecular flexibility index (Phi) is 12.5. The zero-order valence-corrected chi connectivity index (χ0v) is 21.5. The minimum absolute atomic E-state index is 0.371. The van der Waals surface area contributed by atoms with E-state index in [0.717, 1.165) is 37.0 Å². The molecule has 33 heavy (non-hydrogen) atoms. The minimum atomic E-state index is -0.776. The Labute approximate surface area is 200 Å². The molecular weight excluding hydrogens is 416 g/mol. The number of carboxylic acid groups (broad SMARTS) is 1. The fourth-order valence-corrected chi connectivity index (χ4v) is 4.10. The number of carbonyl (C=O) groups is 1. The van der Waals surface area contributed by atoms with Gasteiger partial charge in [0.25, 0.3) is 0 Å². The summed E-state index contributed by atoms with van der Waals surface area (Å²) in [5.74, 6) is 0.0206. The third-order valence-corrected chi connectivity index (χ3v) is 6.13. The van der Waals surface area contributed by atoms with Gasteiger partial charge in [0, 0.05) is 12.1 Å². The first-order chi connectivity index (χ1) is 15.7. The molecular formula is C27H42N2O4. The molecule has 0 aromatic rings. The number of ether oxygens (including phenoxy) is 2. The number of nitrogens with zero attached hydrogens (tertiary/aromatic N) is 2. The second kappa shape index (κ2) is 14.5. The largest absolute Gasteiger partial charge is 0.481 e. The molecule has 0 amide bonds. The lowest BCUT2D eigenvalue weighted by atomic mass is 9.93. The van der Waals surface area contributed by atoms with Gasteiger partial charge in [-0.1, -0.05) is 32.1 Å². The highest BCUT2D eigenvalue weighted by Gasteiger charge is 2.28. The van der Waals surface area contributed by atoms with Crippen LogP contribution < -0.4 is 0 Å². The lowest BCUT2D eigenvalue weighted by Gasteiger charge is -2.33. The fourth-order valence-electron chi connectivity index (χ4n) is 4.10. The van der Waals surface area contributed by atoms with Crippen LogP contribution in [0.4, 0.5) is 0 Å². The molecule has 0 bridgehead atoms. The summed E-state index contributed by atoms with van der Waals surface area (Å²) in [6.07, 6.45) is 9.43. The van der Waals surface area contributed by atoms with Crippen LogP contribution in [0.3, 0.4) is 0 Å². The molecule has 0 aliphatic carbocycles. The number of carboxylic acids is 1. The Hall–Kier alpha value is -2.60. The van der Waals surface area contributed by atoms with Crippen molar-refractivity contribution in [2.24, 2.45) is 4.99 Å². The molecule has 184 valence electrons. The van der Waals surface area contributed by atoms with Gasteiger partial charge < -0.3 is 14.6 Å². The van der Waals surface area contributed by atoms with E-state index in [2.05, 4.69) is 58.3 Å². The van der Waals surface area contributed by atoms with Crippen molar-refractivity contribution >= 4 is 11.9 Å². The van der Waals surface area contributed by atoms with E-state index < -0.39 is 12.0 Å². The fraction of sp³-hybridized carbons (Fsp3) is 0.556. The average molecular weight is 459 g/mol. The predicted octanol–water partition coefficient (Wildman–Crippen LogP) is 6.04. The van der Waals surface area contributed by atoms with Crippen molar-refractivity contribution in [3.05, 3.63) is 58.6 Å². The van der Waals surface area contributed by atoms with Gasteiger partial charge in [-0.3, -0.25) is 9.69 Å². The summed E-state index contributed by atoms with van der Waals surface area (Å²) in [4.78, 5) is 18.1. The number of rotatable bonds is 11. The van der Waals surface area contributed by atoms with Crippen molar-refractivity contribution in [3.63, 3.8) is 0 Å². The van der Waals surface area contributed by atoms with E-state index in [0.29, 0.717) is 31.4 Å². The van der Waals surface area contributed by atoms with Crippen LogP contribution in [0.15, 0.2) is 63.5 Å². The predicted molar refractivity (Wildman–Crippen MR) is 136 cm³/mol. The van der Waals surface area contributed by atoms with Crippen molar-refractivity contribution in [2.45, 2.75) is 73.3 Å². The first-order valence-electron chi connectivity index (χ1n) is 11.8. The smallest absolute Gasteiger partial charge is 0.320 e. The van der Waals surface area contributed by atoms with E-state index in [1.165, 1.54) is 16.7 Å². The molecule has 6 heteroatoms. The van der Waals surface area contributed by atoms with Gasteiger partial charge in [0.05, 0.1) is 7.11 Å². The van der Waals surface area contributed by atoms with Crippen LogP contribution in [0, 0.1) is 0 Å². The standard InChI is InChI=1S/C27H42N2O4/c1-9-22(10-2)23(11-3)21(7)20(6)18-33-25(12-4)28-26(32-8)19(5)17-29-16-14-13-15-24(29)27(30)31/h9,11-12,24H,4,10,13-18H2,1-3,5-8H3,(H,30,31)/b21-20+,22-9+,23-11+,26-19-,28-25?. The summed E-state index contributed by atoms with van der Waals surface area (Å²) in [5.41, 5.74) is 5.71. The molecule has 1 saturated heterocycles. The molecule has 0 radical (unpaired) electrons. The van der Waals surface area contributed by atoms with Gasteiger partial charge in [-0.25, -0.2) is 0 Å². The molecule has 1 aliphatic heterocycles. The molecule has 0 spiro atoms. The molecule has 1 N–H and O–H groups in total. The van der Waals surface area contributed by atoms with Gasteiger partial charge in [-0.05, 0) is 88.8 Å². The van der Waals surface area contributed by atoms with E-state index in [1.54, 1.807) is 13.2 Å². The SMILES string of the molecule is C=CC(=N/C(OC)=C(\C)CN1CCCCC1C(=O)O)OC/C(C)=C(C)/C(=C\C)C(=C/C)/CC. The van der Waals surface area contributed by atoms with Crippen molar-refractivity contribution in [1.82, 2.24) is 4.90 Å². The first kappa shape index (κ1) is 28.4. The lowest BCUT2D eigenvalue weighted by Crippen LogP contribution is -2.45. The Morgan fingerprint density at radius 1 is 1.18 bits per heavy atom. The zero-order chi connectivity index (χ0) is 25.0. The van der Waals surface area contributed by atoms with Gasteiger partial charge in [0.15, 0.2) is 0 Å². The summed E-state index contributed by atoms with van der Waals surface area (Å²) in [6.45, 7) is 17.8. The average Bonchev–Trinajstić information content (AvgIpc) is 2.82. The number of methoxy groups -OCH3 is 1. The van der Waals surface area contributed by atoms with Crippen molar-refractivity contribution in [2.75, 3.05) is 26.8 Å². The third kappa shape index (κ3) is 8.35. The molecule has 0 aromatic heterocycles. The molecule has 1 unspecified atom stereocenters. The quantitative estimate of drug-likeness (QED) is 0.177. The van der Waals surface area contributed by atoms with Crippen molar-refractivity contribution in [1.29, 1.82) is 0 Å². The van der Waals surface area contributed by atoms with Crippen molar-refractivity contribution < 1.29 is 19.4 Å². The highest BCUT2D eigenvalue weighted by atomic mass is 16.5. The molecule has 1 fully saturated rings. The maximum absolute atomic E-state index is 11.6. The minimum Gasteiger partial charge on any atom is -0.481 e. The zero-order valence-electron chi connectivity index (χ0n) is 21.5. The van der Waals surface area contributed by atoms with Crippen LogP contribution in [-0.4, -0.2) is 54.7 Å². The second-order valence-corrected chi connectivity index (χ2v) is 8.33. The summed E-state index contributed by atoms with van der Waals surface area (Å²) in [6, 6.07) is -0.465. The molecule has 1 rings (SSSR count). The molecule has 0 aromatic carbocycles. The van der Waals surface area contributed by atoms with E-state index in [9.17, 15) is 9.90 Å². The summed E-state index contributed by atoms with van der Waals surface area (Å²) in [7, 11) is 1.56. The van der Waals surface area contributed by atoms with Gasteiger partial charge in [-0.15, -0.1) is 0 Å². The van der Waals surface area contributed by atoms with Crippen LogP contribution in [0.2, 0.25) is 0 Å². The number of aliphatic carboxylic acids is 1. The highest BCUT2D eigenvalue weighted by molar-refractivity contribution is 5.88. The molecule has 0 saturated carbocycles. The normalized spacial score (nSPS) is 20.1. The van der Waals surface area contributed by atoms with Crippen LogP contribution in [0.5, 0.6) is 0 Å². The molecule has 1 heterocycles. The first-order valence-corrected chi connectivity index (χ1v) is 11.8. The lowest BCUT2D eigenvalue weighted by molar-refractivity contribution is -0.144.